The number of amides is 1. The van der Waals surface area contributed by atoms with E-state index in [4.69, 9.17) is 4.74 Å². The molecule has 0 aromatic heterocycles. The molecule has 1 unspecified atom stereocenters. The molecular formula is C23H41N3O2. The molecule has 0 heterocycles. The molecule has 1 aromatic rings. The molecule has 160 valence electrons. The summed E-state index contributed by atoms with van der Waals surface area (Å²) < 4.78 is 6.11. The summed E-state index contributed by atoms with van der Waals surface area (Å²) in [6, 6.07) is 6.36. The molecule has 2 N–H and O–H groups in total. The Kier molecular flexibility index (Phi) is 10.7. The number of likely N-dealkylation sites (N-methyl/N-ethyl adjacent to an activating group) is 1. The second-order valence-electron chi connectivity index (χ2n) is 8.23. The number of nitrogens with zero attached hydrogens (tertiary/aromatic N) is 1. The van der Waals surface area contributed by atoms with Crippen LogP contribution in [0.5, 0.6) is 0 Å². The summed E-state index contributed by atoms with van der Waals surface area (Å²) >= 11 is 0. The van der Waals surface area contributed by atoms with Crippen LogP contribution in [0.15, 0.2) is 18.2 Å². The molecule has 0 fully saturated rings. The normalized spacial score (nSPS) is 13.0. The number of nitrogens with one attached hydrogen (secondary N) is 2. The van der Waals surface area contributed by atoms with Gasteiger partial charge in [-0.05, 0) is 78.2 Å². The van der Waals surface area contributed by atoms with E-state index in [1.807, 2.05) is 32.0 Å². The Labute approximate surface area is 172 Å². The molecule has 0 saturated heterocycles. The molecule has 0 aliphatic carbocycles. The first-order valence-electron chi connectivity index (χ1n) is 10.6. The number of carbonyl (C=O) groups excluding carboxylic acids is 1. The van der Waals surface area contributed by atoms with Crippen molar-refractivity contribution in [2.24, 2.45) is 0 Å². The molecule has 5 heteroatoms. The van der Waals surface area contributed by atoms with Crippen LogP contribution in [-0.2, 0) is 9.53 Å². The third-order valence-corrected chi connectivity index (χ3v) is 5.30. The van der Waals surface area contributed by atoms with Gasteiger partial charge in [-0.25, -0.2) is 0 Å². The van der Waals surface area contributed by atoms with Crippen LogP contribution in [0.25, 0.3) is 0 Å². The van der Waals surface area contributed by atoms with E-state index in [1.165, 1.54) is 0 Å². The van der Waals surface area contributed by atoms with Crippen LogP contribution in [0.3, 0.4) is 0 Å². The number of anilines is 1. The zero-order valence-electron chi connectivity index (χ0n) is 19.0. The van der Waals surface area contributed by atoms with Crippen LogP contribution in [0, 0.1) is 13.8 Å². The predicted octanol–water partition coefficient (Wildman–Crippen LogP) is 4.14. The van der Waals surface area contributed by atoms with E-state index in [0.29, 0.717) is 19.2 Å². The van der Waals surface area contributed by atoms with Gasteiger partial charge in [0.15, 0.2) is 0 Å². The molecule has 1 amide bonds. The summed E-state index contributed by atoms with van der Waals surface area (Å²) in [6.07, 6.45) is 1.90. The average Bonchev–Trinajstić information content (AvgIpc) is 2.62. The van der Waals surface area contributed by atoms with Gasteiger partial charge in [-0.2, -0.15) is 0 Å². The number of benzene rings is 1. The molecular weight excluding hydrogens is 350 g/mol. The Balaban J connectivity index is 2.48. The molecule has 0 spiro atoms. The number of rotatable bonds is 13. The van der Waals surface area contributed by atoms with E-state index in [2.05, 4.69) is 50.2 Å². The van der Waals surface area contributed by atoms with Crippen LogP contribution >= 0.6 is 0 Å². The minimum atomic E-state index is -0.126. The van der Waals surface area contributed by atoms with Gasteiger partial charge in [0.05, 0.1) is 12.1 Å². The predicted molar refractivity (Wildman–Crippen MR) is 119 cm³/mol. The highest BCUT2D eigenvalue weighted by Crippen LogP contribution is 2.19. The van der Waals surface area contributed by atoms with Crippen molar-refractivity contribution in [3.05, 3.63) is 29.3 Å². The van der Waals surface area contributed by atoms with Gasteiger partial charge < -0.3 is 15.4 Å². The van der Waals surface area contributed by atoms with Crippen molar-refractivity contribution in [2.45, 2.75) is 73.0 Å². The SMILES string of the molecule is CCNCCC(C)(C)OCCC(C)N(CC)CC(=O)Nc1c(C)cccc1C. The van der Waals surface area contributed by atoms with E-state index < -0.39 is 0 Å². The topological polar surface area (TPSA) is 53.6 Å². The van der Waals surface area contributed by atoms with Crippen molar-refractivity contribution < 1.29 is 9.53 Å². The molecule has 0 radical (unpaired) electrons. The lowest BCUT2D eigenvalue weighted by molar-refractivity contribution is -0.118. The zero-order valence-corrected chi connectivity index (χ0v) is 19.0. The first-order chi connectivity index (χ1) is 13.2. The lowest BCUT2D eigenvalue weighted by Gasteiger charge is -2.30. The maximum atomic E-state index is 12.6. The van der Waals surface area contributed by atoms with Gasteiger partial charge in [0.25, 0.3) is 0 Å². The van der Waals surface area contributed by atoms with Crippen LogP contribution < -0.4 is 10.6 Å². The van der Waals surface area contributed by atoms with E-state index in [-0.39, 0.29) is 11.5 Å². The summed E-state index contributed by atoms with van der Waals surface area (Å²) in [5.41, 5.74) is 3.00. The highest BCUT2D eigenvalue weighted by atomic mass is 16.5. The quantitative estimate of drug-likeness (QED) is 0.496. The fourth-order valence-corrected chi connectivity index (χ4v) is 3.28. The standard InChI is InChI=1S/C23H41N3O2/c1-8-24-15-14-23(6,7)28-16-13-20(5)26(9-2)17-21(27)25-22-18(3)11-10-12-19(22)4/h10-12,20,24H,8-9,13-17H2,1-7H3,(H,25,27). The number of carbonyl (C=O) groups is 1. The zero-order chi connectivity index (χ0) is 21.2. The van der Waals surface area contributed by atoms with Crippen molar-refractivity contribution in [1.29, 1.82) is 0 Å². The smallest absolute Gasteiger partial charge is 0.238 e. The van der Waals surface area contributed by atoms with E-state index >= 15 is 0 Å². The summed E-state index contributed by atoms with van der Waals surface area (Å²) in [7, 11) is 0. The maximum Gasteiger partial charge on any atom is 0.238 e. The minimum Gasteiger partial charge on any atom is -0.375 e. The van der Waals surface area contributed by atoms with E-state index in [0.717, 1.165) is 49.3 Å². The van der Waals surface area contributed by atoms with Gasteiger partial charge >= 0.3 is 0 Å². The molecule has 0 saturated carbocycles. The fraction of sp³-hybridized carbons (Fsp3) is 0.696. The highest BCUT2D eigenvalue weighted by Gasteiger charge is 2.20. The first-order valence-corrected chi connectivity index (χ1v) is 10.6. The van der Waals surface area contributed by atoms with Crippen molar-refractivity contribution in [3.8, 4) is 0 Å². The monoisotopic (exact) mass is 391 g/mol. The Morgan fingerprint density at radius 3 is 2.43 bits per heavy atom. The molecule has 1 rings (SSSR count). The maximum absolute atomic E-state index is 12.6. The third kappa shape index (κ3) is 8.72. The number of aryl methyl sites for hydroxylation is 2. The average molecular weight is 392 g/mol. The van der Waals surface area contributed by atoms with Gasteiger partial charge in [0, 0.05) is 18.3 Å². The lowest BCUT2D eigenvalue weighted by atomic mass is 10.1. The summed E-state index contributed by atoms with van der Waals surface area (Å²) in [5, 5.41) is 6.44. The molecule has 1 aromatic carbocycles. The molecule has 0 aliphatic heterocycles. The second kappa shape index (κ2) is 12.2. The van der Waals surface area contributed by atoms with Gasteiger partial charge in [-0.1, -0.05) is 32.0 Å². The first kappa shape index (κ1) is 24.6. The largest absolute Gasteiger partial charge is 0.375 e. The van der Waals surface area contributed by atoms with Crippen LogP contribution in [0.2, 0.25) is 0 Å². The fourth-order valence-electron chi connectivity index (χ4n) is 3.28. The van der Waals surface area contributed by atoms with E-state index in [1.54, 1.807) is 0 Å². The van der Waals surface area contributed by atoms with Crippen molar-refractivity contribution in [3.63, 3.8) is 0 Å². The van der Waals surface area contributed by atoms with Crippen molar-refractivity contribution >= 4 is 11.6 Å². The van der Waals surface area contributed by atoms with Gasteiger partial charge in [0.1, 0.15) is 0 Å². The van der Waals surface area contributed by atoms with Crippen LogP contribution in [-0.4, -0.2) is 55.2 Å². The number of ether oxygens (including phenoxy) is 1. The Morgan fingerprint density at radius 2 is 1.86 bits per heavy atom. The number of hydrogen-bond donors (Lipinski definition) is 2. The molecule has 5 nitrogen and oxygen atoms in total. The highest BCUT2D eigenvalue weighted by molar-refractivity contribution is 5.93. The number of hydrogen-bond acceptors (Lipinski definition) is 4. The number of para-hydroxylation sites is 1. The third-order valence-electron chi connectivity index (χ3n) is 5.30. The second-order valence-corrected chi connectivity index (χ2v) is 8.23. The Morgan fingerprint density at radius 1 is 1.21 bits per heavy atom. The van der Waals surface area contributed by atoms with Gasteiger partial charge in [-0.15, -0.1) is 0 Å². The Hall–Kier alpha value is -1.43. The minimum absolute atomic E-state index is 0.0398. The summed E-state index contributed by atoms with van der Waals surface area (Å²) in [6.45, 7) is 18.6. The summed E-state index contributed by atoms with van der Waals surface area (Å²) in [5.74, 6) is 0.0398. The van der Waals surface area contributed by atoms with Crippen LogP contribution in [0.1, 0.15) is 58.6 Å². The van der Waals surface area contributed by atoms with Gasteiger partial charge in [0.2, 0.25) is 5.91 Å². The molecule has 0 bridgehead atoms. The molecule has 28 heavy (non-hydrogen) atoms. The molecule has 0 aliphatic rings. The van der Waals surface area contributed by atoms with Crippen molar-refractivity contribution in [2.75, 3.05) is 38.1 Å². The van der Waals surface area contributed by atoms with Crippen molar-refractivity contribution in [1.82, 2.24) is 10.2 Å². The Bertz CT molecular complexity index is 581. The van der Waals surface area contributed by atoms with E-state index in [9.17, 15) is 4.79 Å². The molecule has 1 atom stereocenters. The van der Waals surface area contributed by atoms with Gasteiger partial charge in [-0.3, -0.25) is 9.69 Å². The summed E-state index contributed by atoms with van der Waals surface area (Å²) in [4.78, 5) is 14.8. The van der Waals surface area contributed by atoms with Crippen LogP contribution in [0.4, 0.5) is 5.69 Å². The lowest BCUT2D eigenvalue weighted by Crippen LogP contribution is -2.40.